The van der Waals surface area contributed by atoms with Gasteiger partial charge in [0.25, 0.3) is 0 Å². The fraction of sp³-hybridized carbons (Fsp3) is 0.923. The number of ketones is 1. The van der Waals surface area contributed by atoms with Gasteiger partial charge in [-0.25, -0.2) is 0 Å². The van der Waals surface area contributed by atoms with Gasteiger partial charge in [-0.05, 0) is 25.2 Å². The van der Waals surface area contributed by atoms with E-state index in [1.807, 2.05) is 0 Å². The highest BCUT2D eigenvalue weighted by atomic mass is 16.1. The van der Waals surface area contributed by atoms with Gasteiger partial charge in [-0.15, -0.1) is 0 Å². The zero-order chi connectivity index (χ0) is 9.80. The van der Waals surface area contributed by atoms with Gasteiger partial charge in [0, 0.05) is 12.3 Å². The van der Waals surface area contributed by atoms with Crippen molar-refractivity contribution >= 4 is 5.78 Å². The number of rotatable bonds is 0. The molecule has 14 heavy (non-hydrogen) atoms. The molecule has 2 fully saturated rings. The Morgan fingerprint density at radius 3 is 2.29 bits per heavy atom. The van der Waals surface area contributed by atoms with E-state index in [9.17, 15) is 4.79 Å². The van der Waals surface area contributed by atoms with Crippen molar-refractivity contribution in [2.24, 2.45) is 11.8 Å². The highest BCUT2D eigenvalue weighted by molar-refractivity contribution is 5.83. The van der Waals surface area contributed by atoms with Gasteiger partial charge in [-0.1, -0.05) is 38.5 Å². The third-order valence-electron chi connectivity index (χ3n) is 3.83. The van der Waals surface area contributed by atoms with Crippen LogP contribution < -0.4 is 0 Å². The summed E-state index contributed by atoms with van der Waals surface area (Å²) in [6.45, 7) is 0. The van der Waals surface area contributed by atoms with Crippen molar-refractivity contribution in [1.82, 2.24) is 0 Å². The molecular weight excluding hydrogens is 172 g/mol. The quantitative estimate of drug-likeness (QED) is 0.574. The van der Waals surface area contributed by atoms with Crippen molar-refractivity contribution in [3.63, 3.8) is 0 Å². The number of hydrogen-bond acceptors (Lipinski definition) is 1. The Labute approximate surface area is 87.3 Å². The maximum Gasteiger partial charge on any atom is 0.136 e. The average molecular weight is 194 g/mol. The molecule has 2 atom stereocenters. The molecule has 0 amide bonds. The lowest BCUT2D eigenvalue weighted by molar-refractivity contribution is -0.120. The summed E-state index contributed by atoms with van der Waals surface area (Å²) in [7, 11) is 0. The molecule has 1 heteroatoms. The molecule has 2 aliphatic carbocycles. The Bertz CT molecular complexity index is 197. The van der Waals surface area contributed by atoms with Crippen molar-refractivity contribution < 1.29 is 4.79 Å². The lowest BCUT2D eigenvalue weighted by Crippen LogP contribution is -2.03. The summed E-state index contributed by atoms with van der Waals surface area (Å²) < 4.78 is 0. The lowest BCUT2D eigenvalue weighted by Gasteiger charge is -2.05. The molecule has 0 aromatic carbocycles. The average Bonchev–Trinajstić information content (AvgIpc) is 2.92. The maximum atomic E-state index is 11.7. The molecule has 0 bridgehead atoms. The fourth-order valence-corrected chi connectivity index (χ4v) is 2.74. The van der Waals surface area contributed by atoms with E-state index < -0.39 is 0 Å². The first-order valence-corrected chi connectivity index (χ1v) is 6.40. The minimum Gasteiger partial charge on any atom is -0.299 e. The first kappa shape index (κ1) is 10.2. The number of carbonyl (C=O) groups is 1. The fourth-order valence-electron chi connectivity index (χ4n) is 2.74. The van der Waals surface area contributed by atoms with Crippen LogP contribution in [0.1, 0.15) is 64.2 Å². The van der Waals surface area contributed by atoms with Gasteiger partial charge in [-0.3, -0.25) is 4.79 Å². The smallest absolute Gasteiger partial charge is 0.136 e. The predicted molar refractivity (Wildman–Crippen MR) is 58.2 cm³/mol. The molecule has 0 N–H and O–H groups in total. The van der Waals surface area contributed by atoms with E-state index in [1.54, 1.807) is 0 Å². The van der Waals surface area contributed by atoms with Crippen LogP contribution >= 0.6 is 0 Å². The van der Waals surface area contributed by atoms with E-state index in [0.717, 1.165) is 18.8 Å². The third-order valence-corrected chi connectivity index (χ3v) is 3.83. The van der Waals surface area contributed by atoms with Crippen LogP contribution in [0.3, 0.4) is 0 Å². The predicted octanol–water partition coefficient (Wildman–Crippen LogP) is 3.72. The molecule has 0 saturated heterocycles. The van der Waals surface area contributed by atoms with E-state index >= 15 is 0 Å². The second-order valence-electron chi connectivity index (χ2n) is 5.08. The summed E-state index contributed by atoms with van der Waals surface area (Å²) in [5.74, 6) is 1.87. The Kier molecular flexibility index (Phi) is 3.61. The standard InChI is InChI=1S/C13H22O/c14-13-9-7-5-3-1-2-4-6-8-11-10-12(11)13/h11-12H,1-10H2/t11-,12+/m0/s1. The Hall–Kier alpha value is -0.330. The molecule has 0 aromatic rings. The zero-order valence-electron chi connectivity index (χ0n) is 9.13. The van der Waals surface area contributed by atoms with Crippen molar-refractivity contribution in [2.75, 3.05) is 0 Å². The summed E-state index contributed by atoms with van der Waals surface area (Å²) in [5, 5.41) is 0. The van der Waals surface area contributed by atoms with Crippen LogP contribution in [0.15, 0.2) is 0 Å². The SMILES string of the molecule is O=C1CCCCCCCCC[C@H]2C[C@@H]12. The van der Waals surface area contributed by atoms with Gasteiger partial charge in [0.15, 0.2) is 0 Å². The van der Waals surface area contributed by atoms with E-state index in [0.29, 0.717) is 11.7 Å². The summed E-state index contributed by atoms with van der Waals surface area (Å²) in [6, 6.07) is 0. The van der Waals surface area contributed by atoms with E-state index in [1.165, 1.54) is 51.4 Å². The van der Waals surface area contributed by atoms with Crippen LogP contribution in [-0.4, -0.2) is 5.78 Å². The first-order chi connectivity index (χ1) is 6.88. The van der Waals surface area contributed by atoms with Crippen LogP contribution in [0.2, 0.25) is 0 Å². The lowest BCUT2D eigenvalue weighted by atomic mass is 10.0. The second kappa shape index (κ2) is 4.95. The Morgan fingerprint density at radius 1 is 0.857 bits per heavy atom. The molecule has 80 valence electrons. The van der Waals surface area contributed by atoms with Crippen molar-refractivity contribution in [3.8, 4) is 0 Å². The summed E-state index contributed by atoms with van der Waals surface area (Å²) in [6.07, 6.45) is 12.8. The molecule has 2 aliphatic rings. The number of Topliss-reactive ketones (excluding diaryl/α,β-unsaturated/α-hetero) is 1. The third kappa shape index (κ3) is 2.83. The van der Waals surface area contributed by atoms with Crippen LogP contribution in [-0.2, 0) is 4.79 Å². The van der Waals surface area contributed by atoms with Gasteiger partial charge >= 0.3 is 0 Å². The number of carbonyl (C=O) groups excluding carboxylic acids is 1. The van der Waals surface area contributed by atoms with Gasteiger partial charge in [0.05, 0.1) is 0 Å². The molecular formula is C13H22O. The van der Waals surface area contributed by atoms with E-state index in [4.69, 9.17) is 0 Å². The van der Waals surface area contributed by atoms with Crippen LogP contribution in [0.4, 0.5) is 0 Å². The number of fused-ring (bicyclic) bond motifs is 1. The highest BCUT2D eigenvalue weighted by Crippen LogP contribution is 2.44. The summed E-state index contributed by atoms with van der Waals surface area (Å²) >= 11 is 0. The second-order valence-corrected chi connectivity index (χ2v) is 5.08. The van der Waals surface area contributed by atoms with Crippen LogP contribution in [0.25, 0.3) is 0 Å². The largest absolute Gasteiger partial charge is 0.299 e. The van der Waals surface area contributed by atoms with E-state index in [2.05, 4.69) is 0 Å². The molecule has 0 unspecified atom stereocenters. The minimum absolute atomic E-state index is 0.495. The first-order valence-electron chi connectivity index (χ1n) is 6.40. The number of hydrogen-bond donors (Lipinski definition) is 0. The van der Waals surface area contributed by atoms with Crippen molar-refractivity contribution in [2.45, 2.75) is 64.2 Å². The monoisotopic (exact) mass is 194 g/mol. The zero-order valence-corrected chi connectivity index (χ0v) is 9.13. The highest BCUT2D eigenvalue weighted by Gasteiger charge is 2.41. The molecule has 0 heterocycles. The van der Waals surface area contributed by atoms with Crippen LogP contribution in [0.5, 0.6) is 0 Å². The van der Waals surface area contributed by atoms with Gasteiger partial charge in [-0.2, -0.15) is 0 Å². The molecule has 0 radical (unpaired) electrons. The topological polar surface area (TPSA) is 17.1 Å². The molecule has 2 rings (SSSR count). The normalized spacial score (nSPS) is 35.3. The molecule has 1 nitrogen and oxygen atoms in total. The summed E-state index contributed by atoms with van der Waals surface area (Å²) in [5.41, 5.74) is 0. The minimum atomic E-state index is 0.495. The molecule has 2 saturated carbocycles. The van der Waals surface area contributed by atoms with Gasteiger partial charge in [0.1, 0.15) is 5.78 Å². The van der Waals surface area contributed by atoms with Gasteiger partial charge in [0.2, 0.25) is 0 Å². The molecule has 0 aliphatic heterocycles. The van der Waals surface area contributed by atoms with Crippen molar-refractivity contribution in [3.05, 3.63) is 0 Å². The van der Waals surface area contributed by atoms with Crippen LogP contribution in [0, 0.1) is 11.8 Å². The molecule has 0 aromatic heterocycles. The molecule has 0 spiro atoms. The van der Waals surface area contributed by atoms with Crippen molar-refractivity contribution in [1.29, 1.82) is 0 Å². The Morgan fingerprint density at radius 2 is 1.50 bits per heavy atom. The maximum absolute atomic E-state index is 11.7. The summed E-state index contributed by atoms with van der Waals surface area (Å²) in [4.78, 5) is 11.7. The van der Waals surface area contributed by atoms with E-state index in [-0.39, 0.29) is 0 Å². The van der Waals surface area contributed by atoms with Gasteiger partial charge < -0.3 is 0 Å². The Balaban J connectivity index is 1.76.